The van der Waals surface area contributed by atoms with Crippen molar-refractivity contribution in [3.05, 3.63) is 78.1 Å². The summed E-state index contributed by atoms with van der Waals surface area (Å²) in [6.45, 7) is 1.54. The number of ketones is 1. The van der Waals surface area contributed by atoms with Crippen LogP contribution in [0.15, 0.2) is 67.0 Å². The van der Waals surface area contributed by atoms with Crippen molar-refractivity contribution in [2.24, 2.45) is 0 Å². The third-order valence-corrected chi connectivity index (χ3v) is 5.80. The lowest BCUT2D eigenvalue weighted by atomic mass is 10.0. The highest BCUT2D eigenvalue weighted by molar-refractivity contribution is 5.95. The standard InChI is InChI=1S/C26H22N4O3/c1-16(32)17-2-6-19(7-3-17)24-13-27-25-23(28-15-31)12-21(14-30(24)25)18-4-8-20(9-5-18)26(33)29-22-10-11-22/h2-9,12-15,22H,10-11H2,1H3,(H,28,31)(H,29,33). The highest BCUT2D eigenvalue weighted by Gasteiger charge is 2.23. The van der Waals surface area contributed by atoms with Gasteiger partial charge in [-0.3, -0.25) is 18.8 Å². The van der Waals surface area contributed by atoms with Crippen LogP contribution in [0.4, 0.5) is 5.69 Å². The number of aromatic nitrogens is 2. The van der Waals surface area contributed by atoms with Gasteiger partial charge in [0.1, 0.15) is 0 Å². The van der Waals surface area contributed by atoms with Gasteiger partial charge in [0, 0.05) is 34.5 Å². The van der Waals surface area contributed by atoms with Crippen molar-refractivity contribution >= 4 is 29.4 Å². The molecule has 1 aliphatic carbocycles. The van der Waals surface area contributed by atoms with Crippen molar-refractivity contribution in [2.45, 2.75) is 25.8 Å². The first-order chi connectivity index (χ1) is 16.0. The van der Waals surface area contributed by atoms with Crippen LogP contribution in [0, 0.1) is 0 Å². The summed E-state index contributed by atoms with van der Waals surface area (Å²) in [5.74, 6) is -0.0533. The van der Waals surface area contributed by atoms with Gasteiger partial charge in [-0.1, -0.05) is 36.4 Å². The topological polar surface area (TPSA) is 92.6 Å². The van der Waals surface area contributed by atoms with Gasteiger partial charge in [-0.2, -0.15) is 0 Å². The number of hydrogen-bond acceptors (Lipinski definition) is 4. The van der Waals surface area contributed by atoms with Crippen LogP contribution in [0.2, 0.25) is 0 Å². The summed E-state index contributed by atoms with van der Waals surface area (Å²) in [7, 11) is 0. The molecular formula is C26H22N4O3. The second kappa shape index (κ2) is 8.35. The molecule has 1 aliphatic rings. The number of imidazole rings is 1. The molecule has 2 aromatic heterocycles. The molecule has 2 N–H and O–H groups in total. The van der Waals surface area contributed by atoms with E-state index in [0.717, 1.165) is 35.2 Å². The zero-order valence-corrected chi connectivity index (χ0v) is 18.0. The fourth-order valence-corrected chi connectivity index (χ4v) is 3.81. The molecule has 1 saturated carbocycles. The molecule has 33 heavy (non-hydrogen) atoms. The molecule has 0 spiro atoms. The second-order valence-electron chi connectivity index (χ2n) is 8.20. The first kappa shape index (κ1) is 20.6. The zero-order valence-electron chi connectivity index (χ0n) is 18.0. The van der Waals surface area contributed by atoms with E-state index in [-0.39, 0.29) is 11.7 Å². The normalized spacial score (nSPS) is 13.0. The molecule has 2 aromatic carbocycles. The molecule has 5 rings (SSSR count). The molecule has 4 aromatic rings. The Morgan fingerprint density at radius 1 is 0.970 bits per heavy atom. The number of nitrogens with one attached hydrogen (secondary N) is 2. The third kappa shape index (κ3) is 4.13. The van der Waals surface area contributed by atoms with Gasteiger partial charge in [0.05, 0.1) is 17.6 Å². The number of anilines is 1. The van der Waals surface area contributed by atoms with E-state index in [1.165, 1.54) is 6.92 Å². The van der Waals surface area contributed by atoms with E-state index in [1.54, 1.807) is 30.5 Å². The number of carbonyl (C=O) groups is 3. The highest BCUT2D eigenvalue weighted by Crippen LogP contribution is 2.30. The minimum absolute atomic E-state index is 0.00806. The van der Waals surface area contributed by atoms with Crippen LogP contribution in [0.25, 0.3) is 28.0 Å². The number of hydrogen-bond donors (Lipinski definition) is 2. The Bertz CT molecular complexity index is 1370. The van der Waals surface area contributed by atoms with Crippen LogP contribution >= 0.6 is 0 Å². The minimum Gasteiger partial charge on any atom is -0.349 e. The minimum atomic E-state index is -0.0614. The quantitative estimate of drug-likeness (QED) is 0.332. The molecular weight excluding hydrogens is 416 g/mol. The fraction of sp³-hybridized carbons (Fsp3) is 0.154. The van der Waals surface area contributed by atoms with E-state index < -0.39 is 0 Å². The largest absolute Gasteiger partial charge is 0.349 e. The summed E-state index contributed by atoms with van der Waals surface area (Å²) >= 11 is 0. The SMILES string of the molecule is CC(=O)c1ccc(-c2cnc3c(NC=O)cc(-c4ccc(C(=O)NC5CC5)cc4)cn23)cc1. The van der Waals surface area contributed by atoms with Crippen molar-refractivity contribution < 1.29 is 14.4 Å². The first-order valence-electron chi connectivity index (χ1n) is 10.8. The molecule has 2 amide bonds. The van der Waals surface area contributed by atoms with Crippen molar-refractivity contribution in [1.29, 1.82) is 0 Å². The molecule has 0 bridgehead atoms. The average Bonchev–Trinajstić information content (AvgIpc) is 3.54. The Hall–Kier alpha value is -4.26. The maximum absolute atomic E-state index is 12.3. The number of fused-ring (bicyclic) bond motifs is 1. The predicted octanol–water partition coefficient (Wildman–Crippen LogP) is 4.33. The van der Waals surface area contributed by atoms with Gasteiger partial charge in [0.15, 0.2) is 11.4 Å². The van der Waals surface area contributed by atoms with Crippen molar-refractivity contribution in [2.75, 3.05) is 5.32 Å². The lowest BCUT2D eigenvalue weighted by Crippen LogP contribution is -2.25. The van der Waals surface area contributed by atoms with Crippen LogP contribution in [-0.4, -0.2) is 33.5 Å². The molecule has 2 heterocycles. The Labute approximate surface area is 190 Å². The predicted molar refractivity (Wildman–Crippen MR) is 126 cm³/mol. The lowest BCUT2D eigenvalue weighted by molar-refractivity contribution is -0.105. The Morgan fingerprint density at radius 2 is 1.64 bits per heavy atom. The number of nitrogens with zero attached hydrogens (tertiary/aromatic N) is 2. The number of Topliss-reactive ketones (excluding diaryl/α,β-unsaturated/α-hetero) is 1. The van der Waals surface area contributed by atoms with Crippen LogP contribution in [-0.2, 0) is 4.79 Å². The summed E-state index contributed by atoms with van der Waals surface area (Å²) in [5, 5.41) is 5.73. The highest BCUT2D eigenvalue weighted by atomic mass is 16.2. The number of rotatable bonds is 7. The number of carbonyl (C=O) groups excluding carboxylic acids is 3. The van der Waals surface area contributed by atoms with E-state index in [4.69, 9.17) is 0 Å². The smallest absolute Gasteiger partial charge is 0.251 e. The maximum Gasteiger partial charge on any atom is 0.251 e. The average molecular weight is 438 g/mol. The molecule has 7 nitrogen and oxygen atoms in total. The Balaban J connectivity index is 1.55. The van der Waals surface area contributed by atoms with Crippen molar-refractivity contribution in [3.63, 3.8) is 0 Å². The van der Waals surface area contributed by atoms with Crippen LogP contribution in [0.5, 0.6) is 0 Å². The van der Waals surface area contributed by atoms with Gasteiger partial charge in [-0.15, -0.1) is 0 Å². The van der Waals surface area contributed by atoms with Gasteiger partial charge < -0.3 is 10.6 Å². The number of pyridine rings is 1. The van der Waals surface area contributed by atoms with Crippen molar-refractivity contribution in [3.8, 4) is 22.4 Å². The van der Waals surface area contributed by atoms with Crippen molar-refractivity contribution in [1.82, 2.24) is 14.7 Å². The van der Waals surface area contributed by atoms with Gasteiger partial charge >= 0.3 is 0 Å². The third-order valence-electron chi connectivity index (χ3n) is 5.80. The summed E-state index contributed by atoms with van der Waals surface area (Å²) in [5.41, 5.74) is 5.93. The maximum atomic E-state index is 12.3. The van der Waals surface area contributed by atoms with Gasteiger partial charge in [-0.25, -0.2) is 4.98 Å². The van der Waals surface area contributed by atoms with Crippen LogP contribution in [0.1, 0.15) is 40.5 Å². The molecule has 0 aliphatic heterocycles. The van der Waals surface area contributed by atoms with E-state index in [9.17, 15) is 14.4 Å². The molecule has 1 fully saturated rings. The first-order valence-corrected chi connectivity index (χ1v) is 10.8. The summed E-state index contributed by atoms with van der Waals surface area (Å²) < 4.78 is 1.91. The van der Waals surface area contributed by atoms with Gasteiger partial charge in [0.25, 0.3) is 5.91 Å². The van der Waals surface area contributed by atoms with E-state index in [1.807, 2.05) is 40.9 Å². The monoisotopic (exact) mass is 438 g/mol. The fourth-order valence-electron chi connectivity index (χ4n) is 3.81. The number of amides is 2. The van der Waals surface area contributed by atoms with Crippen LogP contribution < -0.4 is 10.6 Å². The van der Waals surface area contributed by atoms with E-state index in [2.05, 4.69) is 15.6 Å². The van der Waals surface area contributed by atoms with Gasteiger partial charge in [0.2, 0.25) is 6.41 Å². The summed E-state index contributed by atoms with van der Waals surface area (Å²) in [4.78, 5) is 39.6. The molecule has 0 atom stereocenters. The zero-order chi connectivity index (χ0) is 22.9. The Kier molecular flexibility index (Phi) is 5.22. The van der Waals surface area contributed by atoms with Gasteiger partial charge in [-0.05, 0) is 43.5 Å². The summed E-state index contributed by atoms with van der Waals surface area (Å²) in [6, 6.07) is 16.9. The Morgan fingerprint density at radius 3 is 2.27 bits per heavy atom. The molecule has 164 valence electrons. The second-order valence-corrected chi connectivity index (χ2v) is 8.20. The lowest BCUT2D eigenvalue weighted by Gasteiger charge is -2.11. The molecule has 0 radical (unpaired) electrons. The van der Waals surface area contributed by atoms with Crippen LogP contribution in [0.3, 0.4) is 0 Å². The molecule has 7 heteroatoms. The number of benzene rings is 2. The van der Waals surface area contributed by atoms with E-state index in [0.29, 0.717) is 34.9 Å². The molecule has 0 unspecified atom stereocenters. The van der Waals surface area contributed by atoms with E-state index >= 15 is 0 Å². The summed E-state index contributed by atoms with van der Waals surface area (Å²) in [6.07, 6.45) is 6.40. The molecule has 0 saturated heterocycles.